The molecule has 1 saturated carbocycles. The van der Waals surface area contributed by atoms with E-state index in [0.29, 0.717) is 12.5 Å². The summed E-state index contributed by atoms with van der Waals surface area (Å²) in [5.41, 5.74) is 5.50. The standard InChI is InChI=1S/C13H19FN2O2S/c14-11-7-4-8-12(15)13(11)19(17,18)16-9-10-5-2-1-3-6-10/h4,7-8,10,16H,1-3,5-6,9,15H2. The summed E-state index contributed by atoms with van der Waals surface area (Å²) in [4.78, 5) is -0.439. The smallest absolute Gasteiger partial charge is 0.245 e. The fourth-order valence-electron chi connectivity index (χ4n) is 2.50. The monoisotopic (exact) mass is 286 g/mol. The maximum absolute atomic E-state index is 13.6. The fourth-order valence-corrected chi connectivity index (χ4v) is 3.80. The second-order valence-corrected chi connectivity index (χ2v) is 6.72. The Morgan fingerprint density at radius 2 is 1.95 bits per heavy atom. The van der Waals surface area contributed by atoms with Gasteiger partial charge in [-0.05, 0) is 30.9 Å². The van der Waals surface area contributed by atoms with Crippen LogP contribution in [0.4, 0.5) is 10.1 Å². The molecule has 1 aromatic rings. The van der Waals surface area contributed by atoms with Crippen LogP contribution >= 0.6 is 0 Å². The lowest BCUT2D eigenvalue weighted by atomic mass is 9.90. The van der Waals surface area contributed by atoms with Gasteiger partial charge in [0.25, 0.3) is 0 Å². The van der Waals surface area contributed by atoms with Crippen molar-refractivity contribution in [1.29, 1.82) is 0 Å². The van der Waals surface area contributed by atoms with Crippen molar-refractivity contribution in [3.05, 3.63) is 24.0 Å². The third kappa shape index (κ3) is 3.45. The first-order valence-corrected chi connectivity index (χ1v) is 8.02. The first kappa shape index (κ1) is 14.3. The van der Waals surface area contributed by atoms with Crippen LogP contribution in [-0.4, -0.2) is 15.0 Å². The van der Waals surface area contributed by atoms with Gasteiger partial charge in [-0.15, -0.1) is 0 Å². The molecule has 0 saturated heterocycles. The van der Waals surface area contributed by atoms with Gasteiger partial charge in [0.1, 0.15) is 10.7 Å². The molecule has 3 N–H and O–H groups in total. The molecular weight excluding hydrogens is 267 g/mol. The number of hydrogen-bond donors (Lipinski definition) is 2. The molecule has 0 radical (unpaired) electrons. The third-order valence-corrected chi connectivity index (χ3v) is 5.07. The lowest BCUT2D eigenvalue weighted by molar-refractivity contribution is 0.357. The second kappa shape index (κ2) is 5.88. The molecule has 6 heteroatoms. The first-order chi connectivity index (χ1) is 9.00. The van der Waals surface area contributed by atoms with E-state index in [0.717, 1.165) is 31.7 Å². The number of sulfonamides is 1. The number of benzene rings is 1. The van der Waals surface area contributed by atoms with E-state index in [1.165, 1.54) is 18.6 Å². The Bertz CT molecular complexity index is 519. The van der Waals surface area contributed by atoms with Gasteiger partial charge in [-0.25, -0.2) is 17.5 Å². The van der Waals surface area contributed by atoms with Crippen molar-refractivity contribution in [2.24, 2.45) is 5.92 Å². The Hall–Kier alpha value is -1.14. The summed E-state index contributed by atoms with van der Waals surface area (Å²) < 4.78 is 40.3. The van der Waals surface area contributed by atoms with E-state index in [1.807, 2.05) is 0 Å². The van der Waals surface area contributed by atoms with Crippen molar-refractivity contribution in [3.8, 4) is 0 Å². The Morgan fingerprint density at radius 1 is 1.26 bits per heavy atom. The molecule has 1 aliphatic carbocycles. The van der Waals surface area contributed by atoms with E-state index in [1.54, 1.807) is 0 Å². The molecule has 0 aromatic heterocycles. The summed E-state index contributed by atoms with van der Waals surface area (Å²) in [7, 11) is -3.87. The second-order valence-electron chi connectivity index (χ2n) is 5.01. The normalized spacial score (nSPS) is 17.5. The Labute approximate surface area is 113 Å². The summed E-state index contributed by atoms with van der Waals surface area (Å²) in [5, 5.41) is 0. The average molecular weight is 286 g/mol. The highest BCUT2D eigenvalue weighted by atomic mass is 32.2. The summed E-state index contributed by atoms with van der Waals surface area (Å²) in [5.74, 6) is -0.465. The molecule has 0 bridgehead atoms. The molecule has 1 aromatic carbocycles. The molecule has 19 heavy (non-hydrogen) atoms. The molecular formula is C13H19FN2O2S. The van der Waals surface area contributed by atoms with E-state index in [9.17, 15) is 12.8 Å². The van der Waals surface area contributed by atoms with Gasteiger partial charge in [0, 0.05) is 6.54 Å². The third-order valence-electron chi connectivity index (χ3n) is 3.55. The van der Waals surface area contributed by atoms with Crippen LogP contribution in [0.2, 0.25) is 0 Å². The van der Waals surface area contributed by atoms with Crippen LogP contribution in [0.5, 0.6) is 0 Å². The van der Waals surface area contributed by atoms with Gasteiger partial charge in [-0.3, -0.25) is 0 Å². The van der Waals surface area contributed by atoms with Gasteiger partial charge in [0.2, 0.25) is 10.0 Å². The minimum absolute atomic E-state index is 0.0591. The van der Waals surface area contributed by atoms with Crippen molar-refractivity contribution >= 4 is 15.7 Å². The predicted octanol–water partition coefficient (Wildman–Crippen LogP) is 2.27. The molecule has 2 rings (SSSR count). The zero-order chi connectivity index (χ0) is 13.9. The molecule has 0 unspecified atom stereocenters. The van der Waals surface area contributed by atoms with Crippen molar-refractivity contribution in [3.63, 3.8) is 0 Å². The van der Waals surface area contributed by atoms with Crippen LogP contribution in [0.1, 0.15) is 32.1 Å². The number of anilines is 1. The average Bonchev–Trinajstić information content (AvgIpc) is 2.37. The van der Waals surface area contributed by atoms with Crippen molar-refractivity contribution in [2.75, 3.05) is 12.3 Å². The fraction of sp³-hybridized carbons (Fsp3) is 0.538. The minimum Gasteiger partial charge on any atom is -0.398 e. The van der Waals surface area contributed by atoms with Crippen molar-refractivity contribution in [2.45, 2.75) is 37.0 Å². The van der Waals surface area contributed by atoms with Crippen LogP contribution in [-0.2, 0) is 10.0 Å². The summed E-state index contributed by atoms with van der Waals surface area (Å²) >= 11 is 0. The van der Waals surface area contributed by atoms with Crippen LogP contribution in [0.3, 0.4) is 0 Å². The van der Waals surface area contributed by atoms with Crippen molar-refractivity contribution in [1.82, 2.24) is 4.72 Å². The number of nitrogen functional groups attached to an aromatic ring is 1. The van der Waals surface area contributed by atoms with E-state index in [4.69, 9.17) is 5.73 Å². The molecule has 0 amide bonds. The van der Waals surface area contributed by atoms with E-state index in [2.05, 4.69) is 4.72 Å². The SMILES string of the molecule is Nc1cccc(F)c1S(=O)(=O)NCC1CCCCC1. The van der Waals surface area contributed by atoms with Gasteiger partial charge in [0.05, 0.1) is 5.69 Å². The van der Waals surface area contributed by atoms with E-state index in [-0.39, 0.29) is 5.69 Å². The maximum Gasteiger partial charge on any atom is 0.245 e. The molecule has 4 nitrogen and oxygen atoms in total. The molecule has 0 aliphatic heterocycles. The van der Waals surface area contributed by atoms with E-state index >= 15 is 0 Å². The zero-order valence-electron chi connectivity index (χ0n) is 10.7. The van der Waals surface area contributed by atoms with Crippen LogP contribution in [0.15, 0.2) is 23.1 Å². The zero-order valence-corrected chi connectivity index (χ0v) is 11.5. The van der Waals surface area contributed by atoms with Crippen LogP contribution < -0.4 is 10.5 Å². The highest BCUT2D eigenvalue weighted by molar-refractivity contribution is 7.89. The predicted molar refractivity (Wildman–Crippen MR) is 72.6 cm³/mol. The van der Waals surface area contributed by atoms with Crippen molar-refractivity contribution < 1.29 is 12.8 Å². The first-order valence-electron chi connectivity index (χ1n) is 6.54. The largest absolute Gasteiger partial charge is 0.398 e. The molecule has 1 aliphatic rings. The quantitative estimate of drug-likeness (QED) is 0.834. The summed E-state index contributed by atoms with van der Waals surface area (Å²) in [6.45, 7) is 0.357. The van der Waals surface area contributed by atoms with Gasteiger partial charge in [-0.1, -0.05) is 25.3 Å². The molecule has 0 heterocycles. The van der Waals surface area contributed by atoms with Gasteiger partial charge >= 0.3 is 0 Å². The maximum atomic E-state index is 13.6. The van der Waals surface area contributed by atoms with Gasteiger partial charge in [-0.2, -0.15) is 0 Å². The Balaban J connectivity index is 2.09. The number of halogens is 1. The number of rotatable bonds is 4. The van der Waals surface area contributed by atoms with Crippen LogP contribution in [0.25, 0.3) is 0 Å². The summed E-state index contributed by atoms with van der Waals surface area (Å²) in [6.07, 6.45) is 5.52. The Morgan fingerprint density at radius 3 is 2.58 bits per heavy atom. The minimum atomic E-state index is -3.87. The van der Waals surface area contributed by atoms with E-state index < -0.39 is 20.7 Å². The number of nitrogens with two attached hydrogens (primary N) is 1. The lowest BCUT2D eigenvalue weighted by Crippen LogP contribution is -2.31. The highest BCUT2D eigenvalue weighted by Crippen LogP contribution is 2.25. The van der Waals surface area contributed by atoms with Gasteiger partial charge < -0.3 is 5.73 Å². The lowest BCUT2D eigenvalue weighted by Gasteiger charge is -2.21. The molecule has 106 valence electrons. The molecule has 0 atom stereocenters. The topological polar surface area (TPSA) is 72.2 Å². The molecule has 1 fully saturated rings. The highest BCUT2D eigenvalue weighted by Gasteiger charge is 2.23. The van der Waals surface area contributed by atoms with Crippen LogP contribution in [0, 0.1) is 11.7 Å². The molecule has 0 spiro atoms. The number of hydrogen-bond acceptors (Lipinski definition) is 3. The van der Waals surface area contributed by atoms with Gasteiger partial charge in [0.15, 0.2) is 0 Å². The number of nitrogens with one attached hydrogen (secondary N) is 1. The Kier molecular flexibility index (Phi) is 4.42. The summed E-state index contributed by atoms with van der Waals surface area (Å²) in [6, 6.07) is 3.88.